The first-order valence-electron chi connectivity index (χ1n) is 5.61. The van der Waals surface area contributed by atoms with Crippen molar-refractivity contribution in [2.24, 2.45) is 5.73 Å². The SMILES string of the molecule is Cc1nc2ccccc2nc1OCC(C)(C)N. The normalized spacial score (nSPS) is 11.8. The van der Waals surface area contributed by atoms with Crippen LogP contribution in [0.2, 0.25) is 0 Å². The van der Waals surface area contributed by atoms with Gasteiger partial charge in [-0.25, -0.2) is 9.97 Å². The van der Waals surface area contributed by atoms with Crippen LogP contribution >= 0.6 is 0 Å². The highest BCUT2D eigenvalue weighted by Gasteiger charge is 2.14. The third kappa shape index (κ3) is 2.91. The van der Waals surface area contributed by atoms with E-state index in [0.717, 1.165) is 16.7 Å². The molecule has 4 heteroatoms. The van der Waals surface area contributed by atoms with Crippen LogP contribution < -0.4 is 10.5 Å². The Labute approximate surface area is 101 Å². The van der Waals surface area contributed by atoms with E-state index >= 15 is 0 Å². The van der Waals surface area contributed by atoms with Gasteiger partial charge in [-0.15, -0.1) is 0 Å². The Bertz CT molecular complexity index is 532. The molecular formula is C13H17N3O. The van der Waals surface area contributed by atoms with E-state index in [1.165, 1.54) is 0 Å². The fraction of sp³-hybridized carbons (Fsp3) is 0.385. The van der Waals surface area contributed by atoms with Crippen LogP contribution in [0.1, 0.15) is 19.5 Å². The fourth-order valence-electron chi connectivity index (χ4n) is 1.46. The van der Waals surface area contributed by atoms with Crippen LogP contribution in [0.25, 0.3) is 11.0 Å². The summed E-state index contributed by atoms with van der Waals surface area (Å²) < 4.78 is 5.61. The van der Waals surface area contributed by atoms with Crippen molar-refractivity contribution in [2.45, 2.75) is 26.3 Å². The van der Waals surface area contributed by atoms with Crippen molar-refractivity contribution in [2.75, 3.05) is 6.61 Å². The summed E-state index contributed by atoms with van der Waals surface area (Å²) in [4.78, 5) is 8.89. The number of nitrogens with two attached hydrogens (primary N) is 1. The van der Waals surface area contributed by atoms with Crippen LogP contribution in [-0.4, -0.2) is 22.1 Å². The van der Waals surface area contributed by atoms with Crippen LogP contribution in [0.15, 0.2) is 24.3 Å². The highest BCUT2D eigenvalue weighted by Crippen LogP contribution is 2.18. The molecule has 0 unspecified atom stereocenters. The Morgan fingerprint density at radius 3 is 2.35 bits per heavy atom. The molecule has 0 aliphatic heterocycles. The highest BCUT2D eigenvalue weighted by atomic mass is 16.5. The number of benzene rings is 1. The quantitative estimate of drug-likeness (QED) is 0.878. The molecule has 0 bridgehead atoms. The standard InChI is InChI=1S/C13H17N3O/c1-9-12(17-8-13(2,3)14)16-11-7-5-4-6-10(11)15-9/h4-7H,8,14H2,1-3H3. The van der Waals surface area contributed by atoms with E-state index in [1.54, 1.807) is 0 Å². The number of fused-ring (bicyclic) bond motifs is 1. The molecule has 90 valence electrons. The van der Waals surface area contributed by atoms with Crippen molar-refractivity contribution in [3.8, 4) is 5.88 Å². The second kappa shape index (κ2) is 4.30. The molecule has 0 spiro atoms. The zero-order chi connectivity index (χ0) is 12.5. The molecular weight excluding hydrogens is 214 g/mol. The van der Waals surface area contributed by atoms with Gasteiger partial charge in [-0.3, -0.25) is 0 Å². The van der Waals surface area contributed by atoms with Gasteiger partial charge in [0.25, 0.3) is 0 Å². The second-order valence-electron chi connectivity index (χ2n) is 4.88. The van der Waals surface area contributed by atoms with Crippen molar-refractivity contribution >= 4 is 11.0 Å². The van der Waals surface area contributed by atoms with Crippen molar-refractivity contribution in [3.05, 3.63) is 30.0 Å². The minimum atomic E-state index is -0.375. The Hall–Kier alpha value is -1.68. The maximum Gasteiger partial charge on any atom is 0.236 e. The Morgan fingerprint density at radius 2 is 1.76 bits per heavy atom. The zero-order valence-electron chi connectivity index (χ0n) is 10.4. The molecule has 0 saturated heterocycles. The van der Waals surface area contributed by atoms with Crippen LogP contribution in [0.4, 0.5) is 0 Å². The third-order valence-corrected chi connectivity index (χ3v) is 2.28. The summed E-state index contributed by atoms with van der Waals surface area (Å²) in [5.41, 5.74) is 8.00. The molecule has 0 atom stereocenters. The fourth-order valence-corrected chi connectivity index (χ4v) is 1.46. The number of hydrogen-bond acceptors (Lipinski definition) is 4. The average Bonchev–Trinajstić information content (AvgIpc) is 2.25. The number of hydrogen-bond donors (Lipinski definition) is 1. The van der Waals surface area contributed by atoms with Crippen molar-refractivity contribution in [1.29, 1.82) is 0 Å². The van der Waals surface area contributed by atoms with Crippen LogP contribution in [-0.2, 0) is 0 Å². The zero-order valence-corrected chi connectivity index (χ0v) is 10.4. The molecule has 0 amide bonds. The Kier molecular flexibility index (Phi) is 2.98. The average molecular weight is 231 g/mol. The molecule has 1 aromatic heterocycles. The molecule has 17 heavy (non-hydrogen) atoms. The first-order valence-corrected chi connectivity index (χ1v) is 5.61. The number of nitrogens with zero attached hydrogens (tertiary/aromatic N) is 2. The van der Waals surface area contributed by atoms with E-state index < -0.39 is 0 Å². The summed E-state index contributed by atoms with van der Waals surface area (Å²) in [6.45, 7) is 6.13. The number of aryl methyl sites for hydroxylation is 1. The minimum Gasteiger partial charge on any atom is -0.474 e. The molecule has 0 saturated carbocycles. The Morgan fingerprint density at radius 1 is 1.18 bits per heavy atom. The van der Waals surface area contributed by atoms with Gasteiger partial charge in [-0.2, -0.15) is 0 Å². The van der Waals surface area contributed by atoms with Crippen LogP contribution in [0.3, 0.4) is 0 Å². The van der Waals surface area contributed by atoms with Gasteiger partial charge in [0.15, 0.2) is 0 Å². The third-order valence-electron chi connectivity index (χ3n) is 2.28. The minimum absolute atomic E-state index is 0.375. The summed E-state index contributed by atoms with van der Waals surface area (Å²) in [6, 6.07) is 7.73. The van der Waals surface area contributed by atoms with E-state index in [4.69, 9.17) is 10.5 Å². The lowest BCUT2D eigenvalue weighted by Gasteiger charge is -2.19. The summed E-state index contributed by atoms with van der Waals surface area (Å²) >= 11 is 0. The largest absolute Gasteiger partial charge is 0.474 e. The van der Waals surface area contributed by atoms with E-state index in [0.29, 0.717) is 12.5 Å². The maximum absolute atomic E-state index is 5.87. The van der Waals surface area contributed by atoms with E-state index in [1.807, 2.05) is 45.0 Å². The van der Waals surface area contributed by atoms with E-state index in [-0.39, 0.29) is 5.54 Å². The molecule has 0 radical (unpaired) electrons. The van der Waals surface area contributed by atoms with E-state index in [2.05, 4.69) is 9.97 Å². The van der Waals surface area contributed by atoms with Crippen LogP contribution in [0.5, 0.6) is 5.88 Å². The van der Waals surface area contributed by atoms with Gasteiger partial charge in [0.1, 0.15) is 12.3 Å². The molecule has 2 aromatic rings. The lowest BCUT2D eigenvalue weighted by molar-refractivity contribution is 0.233. The summed E-state index contributed by atoms with van der Waals surface area (Å²) in [5.74, 6) is 0.558. The molecule has 0 aliphatic rings. The molecule has 0 fully saturated rings. The topological polar surface area (TPSA) is 61.0 Å². The first kappa shape index (κ1) is 11.8. The molecule has 4 nitrogen and oxygen atoms in total. The number of aromatic nitrogens is 2. The van der Waals surface area contributed by atoms with Crippen LogP contribution in [0, 0.1) is 6.92 Å². The lowest BCUT2D eigenvalue weighted by Crippen LogP contribution is -2.39. The molecule has 1 aromatic carbocycles. The lowest BCUT2D eigenvalue weighted by atomic mass is 10.1. The number of para-hydroxylation sites is 2. The first-order chi connectivity index (χ1) is 7.96. The maximum atomic E-state index is 5.87. The smallest absolute Gasteiger partial charge is 0.236 e. The van der Waals surface area contributed by atoms with Crippen molar-refractivity contribution < 1.29 is 4.74 Å². The number of rotatable bonds is 3. The summed E-state index contributed by atoms with van der Waals surface area (Å²) in [7, 11) is 0. The van der Waals surface area contributed by atoms with Gasteiger partial charge >= 0.3 is 0 Å². The monoisotopic (exact) mass is 231 g/mol. The van der Waals surface area contributed by atoms with Gasteiger partial charge in [-0.05, 0) is 32.9 Å². The van der Waals surface area contributed by atoms with Gasteiger partial charge in [0, 0.05) is 5.54 Å². The van der Waals surface area contributed by atoms with Gasteiger partial charge in [0.2, 0.25) is 5.88 Å². The molecule has 2 N–H and O–H groups in total. The highest BCUT2D eigenvalue weighted by molar-refractivity contribution is 5.74. The van der Waals surface area contributed by atoms with Gasteiger partial charge in [0.05, 0.1) is 11.0 Å². The molecule has 1 heterocycles. The van der Waals surface area contributed by atoms with Gasteiger partial charge < -0.3 is 10.5 Å². The molecule has 0 aliphatic carbocycles. The van der Waals surface area contributed by atoms with Crippen molar-refractivity contribution in [3.63, 3.8) is 0 Å². The summed E-state index contributed by atoms with van der Waals surface area (Å²) in [5, 5.41) is 0. The summed E-state index contributed by atoms with van der Waals surface area (Å²) in [6.07, 6.45) is 0. The molecule has 2 rings (SSSR count). The van der Waals surface area contributed by atoms with E-state index in [9.17, 15) is 0 Å². The Balaban J connectivity index is 2.31. The number of ether oxygens (including phenoxy) is 1. The van der Waals surface area contributed by atoms with Gasteiger partial charge in [-0.1, -0.05) is 12.1 Å². The predicted molar refractivity (Wildman–Crippen MR) is 68.0 cm³/mol. The van der Waals surface area contributed by atoms with Crippen molar-refractivity contribution in [1.82, 2.24) is 9.97 Å². The predicted octanol–water partition coefficient (Wildman–Crippen LogP) is 2.05. The second-order valence-corrected chi connectivity index (χ2v) is 4.88.